The van der Waals surface area contributed by atoms with Gasteiger partial charge in [-0.3, -0.25) is 0 Å². The first-order valence-electron chi connectivity index (χ1n) is 6.61. The van der Waals surface area contributed by atoms with Gasteiger partial charge in [0.25, 0.3) is 0 Å². The van der Waals surface area contributed by atoms with Crippen LogP contribution in [0.25, 0.3) is 22.3 Å². The number of benzene rings is 1. The van der Waals surface area contributed by atoms with Crippen molar-refractivity contribution in [3.8, 4) is 23.7 Å². The highest BCUT2D eigenvalue weighted by Gasteiger charge is 2.09. The van der Waals surface area contributed by atoms with Gasteiger partial charge in [-0.25, -0.2) is 0 Å². The Morgan fingerprint density at radius 2 is 1.76 bits per heavy atom. The molecule has 0 fully saturated rings. The van der Waals surface area contributed by atoms with Crippen LogP contribution in [-0.4, -0.2) is 0 Å². The zero-order valence-electron chi connectivity index (χ0n) is 12.1. The molecular formula is C18H16BrNO. The average Bonchev–Trinajstić information content (AvgIpc) is 2.83. The van der Waals surface area contributed by atoms with Crippen LogP contribution in [0.4, 0.5) is 0 Å². The third kappa shape index (κ3) is 3.01. The molecule has 0 saturated carbocycles. The summed E-state index contributed by atoms with van der Waals surface area (Å²) in [6.07, 6.45) is 9.24. The normalized spacial score (nSPS) is 10.1. The van der Waals surface area contributed by atoms with E-state index in [1.807, 2.05) is 29.1 Å². The van der Waals surface area contributed by atoms with Crippen LogP contribution in [0.1, 0.15) is 11.1 Å². The molecule has 0 amide bonds. The molecule has 106 valence electrons. The molecule has 3 heteroatoms. The van der Waals surface area contributed by atoms with Gasteiger partial charge in [0.15, 0.2) is 12.4 Å². The fourth-order valence-corrected chi connectivity index (χ4v) is 2.28. The third-order valence-electron chi connectivity index (χ3n) is 3.58. The van der Waals surface area contributed by atoms with Crippen LogP contribution in [0.3, 0.4) is 0 Å². The quantitative estimate of drug-likeness (QED) is 0.494. The fourth-order valence-electron chi connectivity index (χ4n) is 2.28. The summed E-state index contributed by atoms with van der Waals surface area (Å²) < 4.78 is 7.90. The number of pyridine rings is 1. The Morgan fingerprint density at radius 3 is 2.43 bits per heavy atom. The molecule has 0 spiro atoms. The summed E-state index contributed by atoms with van der Waals surface area (Å²) >= 11 is 0. The summed E-state index contributed by atoms with van der Waals surface area (Å²) in [5.74, 6) is 3.50. The van der Waals surface area contributed by atoms with Crippen molar-refractivity contribution in [2.24, 2.45) is 0 Å². The maximum Gasteiger partial charge on any atom is 0.208 e. The second kappa shape index (κ2) is 6.15. The van der Waals surface area contributed by atoms with E-state index in [2.05, 4.69) is 38.0 Å². The Bertz CT molecular complexity index is 771. The minimum absolute atomic E-state index is 0. The van der Waals surface area contributed by atoms with Gasteiger partial charge in [-0.15, -0.1) is 6.42 Å². The highest BCUT2D eigenvalue weighted by molar-refractivity contribution is 5.84. The van der Waals surface area contributed by atoms with Crippen molar-refractivity contribution in [3.05, 3.63) is 53.9 Å². The Kier molecular flexibility index (Phi) is 4.50. The van der Waals surface area contributed by atoms with E-state index in [0.29, 0.717) is 6.54 Å². The summed E-state index contributed by atoms with van der Waals surface area (Å²) in [5, 5.41) is 1.14. The predicted octanol–water partition coefficient (Wildman–Crippen LogP) is 0.641. The van der Waals surface area contributed by atoms with Crippen molar-refractivity contribution in [3.63, 3.8) is 0 Å². The molecule has 0 aliphatic heterocycles. The standard InChI is InChI=1S/C18H16NO.BrH/c1-4-7-19-8-5-15(6-9-19)18-12-16-10-13(2)14(3)11-17(16)20-18;/h1,5-6,8-12H,7H2,2-3H3;1H/q+1;/p-1. The number of fused-ring (bicyclic) bond motifs is 1. The summed E-state index contributed by atoms with van der Waals surface area (Å²) in [5.41, 5.74) is 4.52. The highest BCUT2D eigenvalue weighted by Crippen LogP contribution is 2.29. The van der Waals surface area contributed by atoms with Gasteiger partial charge in [0.05, 0.1) is 0 Å². The number of hydrogen-bond acceptors (Lipinski definition) is 1. The number of hydrogen-bond donors (Lipinski definition) is 0. The van der Waals surface area contributed by atoms with Crippen LogP contribution in [0, 0.1) is 26.2 Å². The van der Waals surface area contributed by atoms with Gasteiger partial charge in [-0.1, -0.05) is 0 Å². The lowest BCUT2D eigenvalue weighted by molar-refractivity contribution is -0.684. The molecule has 0 aliphatic carbocycles. The van der Waals surface area contributed by atoms with Crippen LogP contribution in [0.2, 0.25) is 0 Å². The molecule has 0 aliphatic rings. The largest absolute Gasteiger partial charge is 1.00 e. The van der Waals surface area contributed by atoms with Crippen molar-refractivity contribution in [1.82, 2.24) is 0 Å². The van der Waals surface area contributed by atoms with Gasteiger partial charge in [0.2, 0.25) is 6.54 Å². The van der Waals surface area contributed by atoms with Gasteiger partial charge < -0.3 is 21.4 Å². The van der Waals surface area contributed by atoms with Crippen molar-refractivity contribution < 1.29 is 26.0 Å². The van der Waals surface area contributed by atoms with E-state index < -0.39 is 0 Å². The number of aromatic nitrogens is 1. The molecule has 0 bridgehead atoms. The monoisotopic (exact) mass is 341 g/mol. The Balaban J connectivity index is 0.00000161. The molecule has 2 aromatic heterocycles. The zero-order chi connectivity index (χ0) is 14.1. The number of terminal acetylenes is 1. The zero-order valence-corrected chi connectivity index (χ0v) is 13.6. The van der Waals surface area contributed by atoms with E-state index in [-0.39, 0.29) is 17.0 Å². The van der Waals surface area contributed by atoms with Crippen LogP contribution >= 0.6 is 0 Å². The molecule has 2 nitrogen and oxygen atoms in total. The molecule has 1 aromatic carbocycles. The minimum Gasteiger partial charge on any atom is -1.00 e. The molecule has 0 saturated heterocycles. The summed E-state index contributed by atoms with van der Waals surface area (Å²) in [7, 11) is 0. The molecule has 21 heavy (non-hydrogen) atoms. The first kappa shape index (κ1) is 15.3. The van der Waals surface area contributed by atoms with E-state index in [1.165, 1.54) is 11.1 Å². The highest BCUT2D eigenvalue weighted by atomic mass is 79.9. The molecule has 0 atom stereocenters. The molecule has 0 unspecified atom stereocenters. The fraction of sp³-hybridized carbons (Fsp3) is 0.167. The van der Waals surface area contributed by atoms with Gasteiger partial charge >= 0.3 is 0 Å². The van der Waals surface area contributed by atoms with Crippen LogP contribution in [0.15, 0.2) is 47.1 Å². The molecular weight excluding hydrogens is 326 g/mol. The number of rotatable bonds is 2. The summed E-state index contributed by atoms with van der Waals surface area (Å²) in [4.78, 5) is 0. The molecule has 2 heterocycles. The SMILES string of the molecule is C#CC[n+]1ccc(-c2cc3cc(C)c(C)cc3o2)cc1.[Br-]. The Hall–Kier alpha value is -2.05. The lowest BCUT2D eigenvalue weighted by Gasteiger charge is -1.97. The lowest BCUT2D eigenvalue weighted by atomic mass is 10.1. The number of aryl methyl sites for hydroxylation is 2. The number of furan rings is 1. The second-order valence-electron chi connectivity index (χ2n) is 5.05. The van der Waals surface area contributed by atoms with Crippen molar-refractivity contribution in [1.29, 1.82) is 0 Å². The number of halogens is 1. The minimum atomic E-state index is 0. The topological polar surface area (TPSA) is 17.0 Å². The first-order valence-corrected chi connectivity index (χ1v) is 6.61. The molecule has 0 radical (unpaired) electrons. The van der Waals surface area contributed by atoms with Crippen molar-refractivity contribution in [2.75, 3.05) is 0 Å². The van der Waals surface area contributed by atoms with E-state index >= 15 is 0 Å². The van der Waals surface area contributed by atoms with E-state index in [9.17, 15) is 0 Å². The number of nitrogens with zero attached hydrogens (tertiary/aromatic N) is 1. The molecule has 3 aromatic rings. The van der Waals surface area contributed by atoms with Crippen LogP contribution < -0.4 is 21.5 Å². The Labute approximate surface area is 135 Å². The maximum atomic E-state index is 5.94. The van der Waals surface area contributed by atoms with Gasteiger partial charge in [-0.2, -0.15) is 4.57 Å². The Morgan fingerprint density at radius 1 is 1.10 bits per heavy atom. The average molecular weight is 342 g/mol. The summed E-state index contributed by atoms with van der Waals surface area (Å²) in [6, 6.07) is 10.4. The van der Waals surface area contributed by atoms with Crippen LogP contribution in [0.5, 0.6) is 0 Å². The second-order valence-corrected chi connectivity index (χ2v) is 5.05. The summed E-state index contributed by atoms with van der Waals surface area (Å²) in [6.45, 7) is 4.80. The molecule has 3 rings (SSSR count). The predicted molar refractivity (Wildman–Crippen MR) is 80.2 cm³/mol. The van der Waals surface area contributed by atoms with Gasteiger partial charge in [-0.05, 0) is 49.1 Å². The van der Waals surface area contributed by atoms with E-state index in [4.69, 9.17) is 10.8 Å². The van der Waals surface area contributed by atoms with Gasteiger partial charge in [0, 0.05) is 23.1 Å². The van der Waals surface area contributed by atoms with Gasteiger partial charge in [0.1, 0.15) is 11.3 Å². The smallest absolute Gasteiger partial charge is 0.208 e. The van der Waals surface area contributed by atoms with E-state index in [0.717, 1.165) is 22.3 Å². The van der Waals surface area contributed by atoms with Crippen molar-refractivity contribution >= 4 is 11.0 Å². The van der Waals surface area contributed by atoms with Crippen LogP contribution in [-0.2, 0) is 6.54 Å². The van der Waals surface area contributed by atoms with E-state index in [1.54, 1.807) is 0 Å². The lowest BCUT2D eigenvalue weighted by Crippen LogP contribution is -3.00. The first-order chi connectivity index (χ1) is 9.67. The molecule has 0 N–H and O–H groups in total. The maximum absolute atomic E-state index is 5.94. The van der Waals surface area contributed by atoms with Crippen molar-refractivity contribution in [2.45, 2.75) is 20.4 Å². The third-order valence-corrected chi connectivity index (χ3v) is 3.58.